The lowest BCUT2D eigenvalue weighted by atomic mass is 10.1. The molecule has 172 valence electrons. The number of halogens is 1. The van der Waals surface area contributed by atoms with Gasteiger partial charge in [-0.3, -0.25) is 14.7 Å². The van der Waals surface area contributed by atoms with Gasteiger partial charge >= 0.3 is 0 Å². The number of hydrogen-bond acceptors (Lipinski definition) is 3. The lowest BCUT2D eigenvalue weighted by Crippen LogP contribution is -2.41. The van der Waals surface area contributed by atoms with E-state index in [0.717, 1.165) is 37.5 Å². The van der Waals surface area contributed by atoms with Crippen LogP contribution in [0.1, 0.15) is 70.3 Å². The molecule has 0 heterocycles. The minimum absolute atomic E-state index is 0. The topological polar surface area (TPSA) is 68.8 Å². The van der Waals surface area contributed by atoms with Crippen molar-refractivity contribution in [2.24, 2.45) is 4.99 Å². The first kappa shape index (κ1) is 28.6. The molecule has 0 aliphatic rings. The van der Waals surface area contributed by atoms with Gasteiger partial charge in [-0.05, 0) is 65.2 Å². The van der Waals surface area contributed by atoms with Crippen LogP contribution in [0, 0.1) is 0 Å². The van der Waals surface area contributed by atoms with Crippen molar-refractivity contribution < 1.29 is 4.79 Å². The minimum Gasteiger partial charge on any atom is -0.356 e. The highest BCUT2D eigenvalue weighted by Gasteiger charge is 2.12. The Morgan fingerprint density at radius 2 is 1.77 bits per heavy atom. The lowest BCUT2D eigenvalue weighted by molar-refractivity contribution is 0.0939. The van der Waals surface area contributed by atoms with Crippen molar-refractivity contribution in [3.05, 3.63) is 35.4 Å². The molecule has 0 aliphatic heterocycles. The lowest BCUT2D eigenvalue weighted by Gasteiger charge is -2.30. The molecule has 3 N–H and O–H groups in total. The van der Waals surface area contributed by atoms with E-state index >= 15 is 0 Å². The van der Waals surface area contributed by atoms with Crippen LogP contribution in [0.15, 0.2) is 29.3 Å². The number of nitrogens with zero attached hydrogens (tertiary/aromatic N) is 2. The number of carbonyl (C=O) groups is 1. The van der Waals surface area contributed by atoms with Gasteiger partial charge in [0.1, 0.15) is 0 Å². The molecule has 0 bridgehead atoms. The van der Waals surface area contributed by atoms with Crippen LogP contribution in [-0.4, -0.2) is 55.0 Å². The van der Waals surface area contributed by atoms with E-state index in [-0.39, 0.29) is 35.9 Å². The first-order valence-corrected chi connectivity index (χ1v) is 10.9. The van der Waals surface area contributed by atoms with Crippen LogP contribution in [0.3, 0.4) is 0 Å². The molecular formula is C23H42IN5O. The predicted octanol–water partition coefficient (Wildman–Crippen LogP) is 4.01. The van der Waals surface area contributed by atoms with Crippen molar-refractivity contribution in [3.63, 3.8) is 0 Å². The summed E-state index contributed by atoms with van der Waals surface area (Å²) in [4.78, 5) is 19.1. The number of nitrogens with one attached hydrogen (secondary N) is 3. The first-order valence-electron chi connectivity index (χ1n) is 10.9. The van der Waals surface area contributed by atoms with Crippen molar-refractivity contribution in [2.75, 3.05) is 20.1 Å². The highest BCUT2D eigenvalue weighted by molar-refractivity contribution is 14.0. The molecule has 1 amide bonds. The second kappa shape index (κ2) is 15.5. The van der Waals surface area contributed by atoms with Gasteiger partial charge in [0.15, 0.2) is 5.96 Å². The molecule has 6 nitrogen and oxygen atoms in total. The third-order valence-electron chi connectivity index (χ3n) is 5.07. The second-order valence-electron chi connectivity index (χ2n) is 8.11. The zero-order valence-electron chi connectivity index (χ0n) is 19.8. The molecular weight excluding hydrogens is 489 g/mol. The maximum Gasteiger partial charge on any atom is 0.251 e. The van der Waals surface area contributed by atoms with Crippen molar-refractivity contribution in [1.82, 2.24) is 20.9 Å². The SMILES string of the molecule is CCC(C)NC(=O)c1cccc(CNC(=NC)NCCCN(C(C)C)C(C)C)c1.I. The Bertz CT molecular complexity index is 640. The third-order valence-corrected chi connectivity index (χ3v) is 5.07. The summed E-state index contributed by atoms with van der Waals surface area (Å²) < 4.78 is 0. The fourth-order valence-electron chi connectivity index (χ4n) is 3.22. The Balaban J connectivity index is 0.00000841. The first-order chi connectivity index (χ1) is 13.8. The molecule has 0 aliphatic carbocycles. The van der Waals surface area contributed by atoms with Gasteiger partial charge in [0.05, 0.1) is 0 Å². The Hall–Kier alpha value is -1.35. The van der Waals surface area contributed by atoms with E-state index in [1.165, 1.54) is 0 Å². The normalized spacial score (nSPS) is 12.7. The third kappa shape index (κ3) is 10.6. The Morgan fingerprint density at radius 3 is 2.33 bits per heavy atom. The molecule has 1 unspecified atom stereocenters. The summed E-state index contributed by atoms with van der Waals surface area (Å²) in [6.45, 7) is 15.6. The summed E-state index contributed by atoms with van der Waals surface area (Å²) in [7, 11) is 1.78. The summed E-state index contributed by atoms with van der Waals surface area (Å²) in [6, 6.07) is 9.00. The quantitative estimate of drug-likeness (QED) is 0.175. The molecule has 0 saturated carbocycles. The average Bonchev–Trinajstić information content (AvgIpc) is 2.69. The van der Waals surface area contributed by atoms with Gasteiger partial charge in [-0.1, -0.05) is 19.1 Å². The van der Waals surface area contributed by atoms with Crippen LogP contribution in [0.4, 0.5) is 0 Å². The summed E-state index contributed by atoms with van der Waals surface area (Å²) in [5.74, 6) is 0.753. The number of carbonyl (C=O) groups excluding carboxylic acids is 1. The van der Waals surface area contributed by atoms with Gasteiger partial charge in [0.2, 0.25) is 0 Å². The minimum atomic E-state index is -0.0245. The molecule has 0 fully saturated rings. The van der Waals surface area contributed by atoms with Crippen molar-refractivity contribution in [1.29, 1.82) is 0 Å². The number of rotatable bonds is 11. The van der Waals surface area contributed by atoms with Crippen LogP contribution in [0.25, 0.3) is 0 Å². The van der Waals surface area contributed by atoms with Crippen LogP contribution < -0.4 is 16.0 Å². The number of aliphatic imine (C=N–C) groups is 1. The summed E-state index contributed by atoms with van der Waals surface area (Å²) in [5.41, 5.74) is 1.74. The average molecular weight is 532 g/mol. The van der Waals surface area contributed by atoms with E-state index in [4.69, 9.17) is 0 Å². The fraction of sp³-hybridized carbons (Fsp3) is 0.652. The standard InChI is InChI=1S/C23H41N5O.HI/c1-8-19(6)27-22(29)21-12-9-11-20(15-21)16-26-23(24-7)25-13-10-14-28(17(2)3)18(4)5;/h9,11-12,15,17-19H,8,10,13-14,16H2,1-7H3,(H,27,29)(H2,24,25,26);1H. The molecule has 1 atom stereocenters. The smallest absolute Gasteiger partial charge is 0.251 e. The number of amides is 1. The van der Waals surface area contributed by atoms with Crippen LogP contribution in [0.5, 0.6) is 0 Å². The summed E-state index contributed by atoms with van der Waals surface area (Å²) in [6.07, 6.45) is 1.98. The summed E-state index contributed by atoms with van der Waals surface area (Å²) >= 11 is 0. The fourth-order valence-corrected chi connectivity index (χ4v) is 3.22. The van der Waals surface area contributed by atoms with Crippen molar-refractivity contribution >= 4 is 35.8 Å². The molecule has 7 heteroatoms. The van der Waals surface area contributed by atoms with Crippen LogP contribution in [-0.2, 0) is 6.54 Å². The van der Waals surface area contributed by atoms with Crippen molar-refractivity contribution in [2.45, 2.75) is 79.1 Å². The van der Waals surface area contributed by atoms with E-state index in [2.05, 4.69) is 60.5 Å². The van der Waals surface area contributed by atoms with Gasteiger partial charge in [0.25, 0.3) is 5.91 Å². The molecule has 1 aromatic carbocycles. The van der Waals surface area contributed by atoms with Crippen molar-refractivity contribution in [3.8, 4) is 0 Å². The van der Waals surface area contributed by atoms with Gasteiger partial charge in [0, 0.05) is 50.4 Å². The van der Waals surface area contributed by atoms with E-state index in [1.54, 1.807) is 7.05 Å². The molecule has 0 saturated heterocycles. The number of benzene rings is 1. The molecule has 0 spiro atoms. The van der Waals surface area contributed by atoms with E-state index in [0.29, 0.717) is 24.2 Å². The zero-order chi connectivity index (χ0) is 21.8. The summed E-state index contributed by atoms with van der Waals surface area (Å²) in [5, 5.41) is 9.72. The van der Waals surface area contributed by atoms with Gasteiger partial charge in [-0.25, -0.2) is 0 Å². The van der Waals surface area contributed by atoms with E-state index < -0.39 is 0 Å². The zero-order valence-corrected chi connectivity index (χ0v) is 22.1. The maximum atomic E-state index is 12.3. The molecule has 1 aromatic rings. The highest BCUT2D eigenvalue weighted by Crippen LogP contribution is 2.07. The number of guanidine groups is 1. The Labute approximate surface area is 200 Å². The van der Waals surface area contributed by atoms with Gasteiger partial charge in [-0.2, -0.15) is 0 Å². The maximum absolute atomic E-state index is 12.3. The van der Waals surface area contributed by atoms with Gasteiger partial charge in [-0.15, -0.1) is 24.0 Å². The van der Waals surface area contributed by atoms with Crippen LogP contribution >= 0.6 is 24.0 Å². The van der Waals surface area contributed by atoms with E-state index in [1.807, 2.05) is 31.2 Å². The molecule has 1 rings (SSSR count). The molecule has 0 aromatic heterocycles. The number of hydrogen-bond donors (Lipinski definition) is 3. The monoisotopic (exact) mass is 531 g/mol. The van der Waals surface area contributed by atoms with Crippen LogP contribution in [0.2, 0.25) is 0 Å². The highest BCUT2D eigenvalue weighted by atomic mass is 127. The van der Waals surface area contributed by atoms with Gasteiger partial charge < -0.3 is 16.0 Å². The predicted molar refractivity (Wildman–Crippen MR) is 139 cm³/mol. The molecule has 30 heavy (non-hydrogen) atoms. The van der Waals surface area contributed by atoms with E-state index in [9.17, 15) is 4.79 Å². The molecule has 0 radical (unpaired) electrons. The Morgan fingerprint density at radius 1 is 1.10 bits per heavy atom. The Kier molecular flexibility index (Phi) is 14.8. The largest absolute Gasteiger partial charge is 0.356 e. The second-order valence-corrected chi connectivity index (χ2v) is 8.11.